The molecule has 0 amide bonds. The van der Waals surface area contributed by atoms with Gasteiger partial charge < -0.3 is 4.42 Å². The minimum absolute atomic E-state index is 0.927. The van der Waals surface area contributed by atoms with Gasteiger partial charge in [0.1, 0.15) is 11.2 Å². The summed E-state index contributed by atoms with van der Waals surface area (Å²) in [6.45, 7) is 0. The number of rotatable bonds is 0. The maximum absolute atomic E-state index is 6.17. The predicted octanol–water partition coefficient (Wildman–Crippen LogP) is 6.44. The van der Waals surface area contributed by atoms with E-state index in [2.05, 4.69) is 60.7 Å². The molecular formula is C23H13NO. The van der Waals surface area contributed by atoms with Gasteiger partial charge in [0.15, 0.2) is 0 Å². The third-order valence-corrected chi connectivity index (χ3v) is 5.02. The second kappa shape index (κ2) is 4.58. The Bertz CT molecular complexity index is 1440. The maximum Gasteiger partial charge on any atom is 0.143 e. The molecule has 6 aromatic rings. The van der Waals surface area contributed by atoms with Crippen molar-refractivity contribution in [2.45, 2.75) is 0 Å². The number of hydrogen-bond donors (Lipinski definition) is 0. The van der Waals surface area contributed by atoms with Crippen molar-refractivity contribution >= 4 is 54.5 Å². The monoisotopic (exact) mass is 319 g/mol. The van der Waals surface area contributed by atoms with Crippen molar-refractivity contribution in [2.75, 3.05) is 0 Å². The molecule has 25 heavy (non-hydrogen) atoms. The van der Waals surface area contributed by atoms with E-state index in [4.69, 9.17) is 9.40 Å². The second-order valence-corrected chi connectivity index (χ2v) is 6.45. The Labute approximate surface area is 143 Å². The molecule has 2 nitrogen and oxygen atoms in total. The highest BCUT2D eigenvalue weighted by atomic mass is 16.3. The summed E-state index contributed by atoms with van der Waals surface area (Å²) in [7, 11) is 0. The number of pyridine rings is 1. The number of benzene rings is 4. The predicted molar refractivity (Wildman–Crippen MR) is 104 cm³/mol. The Hall–Kier alpha value is -3.39. The van der Waals surface area contributed by atoms with Crippen molar-refractivity contribution in [3.05, 3.63) is 78.9 Å². The third-order valence-electron chi connectivity index (χ3n) is 5.02. The molecule has 0 saturated carbocycles. The number of fused-ring (bicyclic) bond motifs is 8. The van der Waals surface area contributed by atoms with Crippen LogP contribution in [-0.4, -0.2) is 4.98 Å². The highest BCUT2D eigenvalue weighted by Crippen LogP contribution is 2.36. The van der Waals surface area contributed by atoms with Gasteiger partial charge in [0.2, 0.25) is 0 Å². The maximum atomic E-state index is 6.17. The molecule has 0 radical (unpaired) electrons. The minimum Gasteiger partial charge on any atom is -0.455 e. The Morgan fingerprint density at radius 2 is 1.36 bits per heavy atom. The summed E-state index contributed by atoms with van der Waals surface area (Å²) in [6.07, 6.45) is 0. The lowest BCUT2D eigenvalue weighted by molar-refractivity contribution is 0.672. The fraction of sp³-hybridized carbons (Fsp3) is 0. The first-order valence-corrected chi connectivity index (χ1v) is 8.41. The molecule has 0 saturated heterocycles. The highest BCUT2D eigenvalue weighted by molar-refractivity contribution is 6.20. The zero-order valence-corrected chi connectivity index (χ0v) is 13.4. The molecule has 0 fully saturated rings. The van der Waals surface area contributed by atoms with Gasteiger partial charge in [0, 0.05) is 32.3 Å². The summed E-state index contributed by atoms with van der Waals surface area (Å²) in [5.41, 5.74) is 3.91. The zero-order valence-electron chi connectivity index (χ0n) is 13.4. The molecule has 0 aliphatic carbocycles. The number of aromatic nitrogens is 1. The Morgan fingerprint density at radius 3 is 2.36 bits per heavy atom. The van der Waals surface area contributed by atoms with Crippen LogP contribution in [0.3, 0.4) is 0 Å². The first-order chi connectivity index (χ1) is 12.4. The third kappa shape index (κ3) is 1.71. The molecule has 4 aromatic carbocycles. The van der Waals surface area contributed by atoms with E-state index in [0.29, 0.717) is 0 Å². The quantitative estimate of drug-likeness (QED) is 0.238. The van der Waals surface area contributed by atoms with Crippen LogP contribution in [0.1, 0.15) is 0 Å². The lowest BCUT2D eigenvalue weighted by Crippen LogP contribution is -1.84. The largest absolute Gasteiger partial charge is 0.455 e. The van der Waals surface area contributed by atoms with Crippen LogP contribution in [0.4, 0.5) is 0 Å². The lowest BCUT2D eigenvalue weighted by atomic mass is 10.0. The van der Waals surface area contributed by atoms with Crippen molar-refractivity contribution in [3.63, 3.8) is 0 Å². The summed E-state index contributed by atoms with van der Waals surface area (Å²) in [4.78, 5) is 4.92. The van der Waals surface area contributed by atoms with Crippen LogP contribution in [0.25, 0.3) is 54.5 Å². The summed E-state index contributed by atoms with van der Waals surface area (Å²) >= 11 is 0. The van der Waals surface area contributed by atoms with E-state index in [0.717, 1.165) is 49.1 Å². The molecule has 0 aliphatic rings. The van der Waals surface area contributed by atoms with Crippen LogP contribution in [0.5, 0.6) is 0 Å². The molecule has 0 unspecified atom stereocenters. The van der Waals surface area contributed by atoms with Gasteiger partial charge in [-0.25, -0.2) is 4.98 Å². The van der Waals surface area contributed by atoms with E-state index in [1.807, 2.05) is 18.2 Å². The van der Waals surface area contributed by atoms with Gasteiger partial charge in [0.05, 0.1) is 11.0 Å². The molecule has 116 valence electrons. The van der Waals surface area contributed by atoms with Gasteiger partial charge in [-0.3, -0.25) is 0 Å². The molecule has 2 heteroatoms. The molecule has 2 heterocycles. The lowest BCUT2D eigenvalue weighted by Gasteiger charge is -2.06. The molecule has 0 N–H and O–H groups in total. The van der Waals surface area contributed by atoms with Crippen LogP contribution in [0.2, 0.25) is 0 Å². The molecular weight excluding hydrogens is 306 g/mol. The summed E-state index contributed by atoms with van der Waals surface area (Å²) in [6, 6.07) is 27.3. The molecule has 0 bridgehead atoms. The topological polar surface area (TPSA) is 26.0 Å². The minimum atomic E-state index is 0.927. The van der Waals surface area contributed by atoms with E-state index in [-0.39, 0.29) is 0 Å². The van der Waals surface area contributed by atoms with E-state index in [1.165, 1.54) is 5.39 Å². The van der Waals surface area contributed by atoms with Crippen molar-refractivity contribution in [2.24, 2.45) is 0 Å². The standard InChI is InChI=1S/C23H13NO/c1-3-7-20-14(5-1)13-15-9-10-19-17(22(15)24-20)11-12-18-16-6-2-4-8-21(16)25-23(18)19/h1-13H. The van der Waals surface area contributed by atoms with Gasteiger partial charge in [0.25, 0.3) is 0 Å². The zero-order chi connectivity index (χ0) is 16.4. The summed E-state index contributed by atoms with van der Waals surface area (Å²) < 4.78 is 6.17. The van der Waals surface area contributed by atoms with E-state index in [1.54, 1.807) is 0 Å². The van der Waals surface area contributed by atoms with Crippen molar-refractivity contribution in [1.29, 1.82) is 0 Å². The van der Waals surface area contributed by atoms with Gasteiger partial charge in [-0.2, -0.15) is 0 Å². The first-order valence-electron chi connectivity index (χ1n) is 8.41. The molecule has 0 spiro atoms. The Kier molecular flexibility index (Phi) is 2.37. The first kappa shape index (κ1) is 13.0. The van der Waals surface area contributed by atoms with Crippen molar-refractivity contribution < 1.29 is 4.42 Å². The van der Waals surface area contributed by atoms with Gasteiger partial charge in [-0.1, -0.05) is 48.5 Å². The fourth-order valence-corrected chi connectivity index (χ4v) is 3.83. The molecule has 0 aliphatic heterocycles. The average Bonchev–Trinajstić information content (AvgIpc) is 3.05. The van der Waals surface area contributed by atoms with Crippen LogP contribution < -0.4 is 0 Å². The second-order valence-electron chi connectivity index (χ2n) is 6.45. The van der Waals surface area contributed by atoms with Crippen LogP contribution in [-0.2, 0) is 0 Å². The van der Waals surface area contributed by atoms with E-state index < -0.39 is 0 Å². The SMILES string of the molecule is c1ccc2nc3c(ccc4c3ccc3c5ccccc5oc34)cc2c1. The van der Waals surface area contributed by atoms with Crippen LogP contribution in [0, 0.1) is 0 Å². The van der Waals surface area contributed by atoms with E-state index in [9.17, 15) is 0 Å². The normalized spacial score (nSPS) is 12.0. The van der Waals surface area contributed by atoms with Crippen molar-refractivity contribution in [1.82, 2.24) is 4.98 Å². The molecule has 6 rings (SSSR count). The average molecular weight is 319 g/mol. The van der Waals surface area contributed by atoms with Gasteiger partial charge in [-0.15, -0.1) is 0 Å². The fourth-order valence-electron chi connectivity index (χ4n) is 3.83. The number of furan rings is 1. The summed E-state index contributed by atoms with van der Waals surface area (Å²) in [5.74, 6) is 0. The van der Waals surface area contributed by atoms with Crippen LogP contribution >= 0.6 is 0 Å². The van der Waals surface area contributed by atoms with Gasteiger partial charge in [-0.05, 0) is 30.3 Å². The Morgan fingerprint density at radius 1 is 0.600 bits per heavy atom. The Balaban J connectivity index is 1.83. The number of para-hydroxylation sites is 2. The van der Waals surface area contributed by atoms with Crippen molar-refractivity contribution in [3.8, 4) is 0 Å². The smallest absolute Gasteiger partial charge is 0.143 e. The summed E-state index contributed by atoms with van der Waals surface area (Å²) in [5, 5.41) is 6.88. The number of hydrogen-bond acceptors (Lipinski definition) is 2. The number of nitrogens with zero attached hydrogens (tertiary/aromatic N) is 1. The molecule has 2 aromatic heterocycles. The van der Waals surface area contributed by atoms with E-state index >= 15 is 0 Å². The highest BCUT2D eigenvalue weighted by Gasteiger charge is 2.12. The van der Waals surface area contributed by atoms with Crippen LogP contribution in [0.15, 0.2) is 83.3 Å². The molecule has 0 atom stereocenters. The van der Waals surface area contributed by atoms with Gasteiger partial charge >= 0.3 is 0 Å².